The van der Waals surface area contributed by atoms with Crippen molar-refractivity contribution in [3.8, 4) is 0 Å². The van der Waals surface area contributed by atoms with Gasteiger partial charge in [-0.15, -0.1) is 0 Å². The molecule has 0 bridgehead atoms. The van der Waals surface area contributed by atoms with E-state index < -0.39 is 0 Å². The van der Waals surface area contributed by atoms with Crippen molar-refractivity contribution in [2.24, 2.45) is 0 Å². The van der Waals surface area contributed by atoms with Crippen LogP contribution in [0.2, 0.25) is 5.15 Å². The van der Waals surface area contributed by atoms with Crippen LogP contribution in [-0.4, -0.2) is 16.1 Å². The molecule has 2 rings (SSSR count). The van der Waals surface area contributed by atoms with Crippen molar-refractivity contribution in [2.45, 2.75) is 32.7 Å². The summed E-state index contributed by atoms with van der Waals surface area (Å²) in [5.74, 6) is -0.288. The highest BCUT2D eigenvalue weighted by atomic mass is 35.5. The summed E-state index contributed by atoms with van der Waals surface area (Å²) in [4.78, 5) is 11.2. The molecular formula is C15H16ClFN2O. The highest BCUT2D eigenvalue weighted by Gasteiger charge is 2.25. The van der Waals surface area contributed by atoms with Gasteiger partial charge in [0.15, 0.2) is 6.29 Å². The molecule has 0 saturated heterocycles. The Labute approximate surface area is 122 Å². The molecule has 1 aromatic heterocycles. The maximum Gasteiger partial charge on any atom is 0.155 e. The van der Waals surface area contributed by atoms with Gasteiger partial charge in [0.05, 0.1) is 17.8 Å². The molecule has 0 N–H and O–H groups in total. The van der Waals surface area contributed by atoms with Crippen molar-refractivity contribution in [3.63, 3.8) is 0 Å². The van der Waals surface area contributed by atoms with Crippen LogP contribution in [0, 0.1) is 5.82 Å². The number of benzene rings is 1. The van der Waals surface area contributed by atoms with E-state index in [-0.39, 0.29) is 11.2 Å². The monoisotopic (exact) mass is 294 g/mol. The van der Waals surface area contributed by atoms with E-state index in [4.69, 9.17) is 11.6 Å². The number of nitrogens with zero attached hydrogens (tertiary/aromatic N) is 2. The molecule has 0 fully saturated rings. The average molecular weight is 295 g/mol. The Morgan fingerprint density at radius 2 is 1.90 bits per heavy atom. The van der Waals surface area contributed by atoms with Crippen LogP contribution >= 0.6 is 11.6 Å². The summed E-state index contributed by atoms with van der Waals surface area (Å²) >= 11 is 6.21. The Bertz CT molecular complexity index is 627. The maximum absolute atomic E-state index is 12.9. The van der Waals surface area contributed by atoms with Crippen molar-refractivity contribution in [1.82, 2.24) is 9.78 Å². The summed E-state index contributed by atoms with van der Waals surface area (Å²) in [6.45, 7) is 6.32. The van der Waals surface area contributed by atoms with Crippen molar-refractivity contribution >= 4 is 17.9 Å². The third-order valence-corrected chi connectivity index (χ3v) is 3.40. The third-order valence-electron chi connectivity index (χ3n) is 3.00. The minimum atomic E-state index is -0.288. The van der Waals surface area contributed by atoms with E-state index in [1.54, 1.807) is 16.8 Å². The molecule has 0 unspecified atom stereocenters. The molecule has 0 saturated carbocycles. The van der Waals surface area contributed by atoms with E-state index in [1.807, 2.05) is 20.8 Å². The van der Waals surface area contributed by atoms with E-state index in [0.717, 1.165) is 11.8 Å². The van der Waals surface area contributed by atoms with Crippen molar-refractivity contribution in [1.29, 1.82) is 0 Å². The van der Waals surface area contributed by atoms with E-state index in [9.17, 15) is 9.18 Å². The predicted molar refractivity (Wildman–Crippen MR) is 76.8 cm³/mol. The number of aromatic nitrogens is 2. The number of carbonyl (C=O) groups excluding carboxylic acids is 1. The smallest absolute Gasteiger partial charge is 0.155 e. The van der Waals surface area contributed by atoms with Crippen LogP contribution in [0.15, 0.2) is 24.3 Å². The lowest BCUT2D eigenvalue weighted by Crippen LogP contribution is -2.15. The van der Waals surface area contributed by atoms with Gasteiger partial charge in [-0.2, -0.15) is 5.10 Å². The standard InChI is InChI=1S/C15H16ClFN2O/c1-15(2,3)13-12(9-20)14(16)19(18-13)8-10-4-6-11(17)7-5-10/h4-7,9H,8H2,1-3H3. The largest absolute Gasteiger partial charge is 0.298 e. The zero-order chi connectivity index (χ0) is 14.9. The Hall–Kier alpha value is -1.68. The second kappa shape index (κ2) is 5.37. The van der Waals surface area contributed by atoms with Gasteiger partial charge in [0.1, 0.15) is 11.0 Å². The van der Waals surface area contributed by atoms with Crippen molar-refractivity contribution < 1.29 is 9.18 Å². The fourth-order valence-electron chi connectivity index (χ4n) is 1.98. The quantitative estimate of drug-likeness (QED) is 0.806. The van der Waals surface area contributed by atoms with Crippen LogP contribution in [0.5, 0.6) is 0 Å². The lowest BCUT2D eigenvalue weighted by Gasteiger charge is -2.15. The normalized spacial score (nSPS) is 11.7. The first kappa shape index (κ1) is 14.7. The first-order valence-electron chi connectivity index (χ1n) is 6.29. The summed E-state index contributed by atoms with van der Waals surface area (Å²) in [6, 6.07) is 6.12. The number of hydrogen-bond acceptors (Lipinski definition) is 2. The molecule has 5 heteroatoms. The van der Waals surface area contributed by atoms with Gasteiger partial charge >= 0.3 is 0 Å². The fourth-order valence-corrected chi connectivity index (χ4v) is 2.21. The lowest BCUT2D eigenvalue weighted by atomic mass is 9.90. The van der Waals surface area contributed by atoms with Crippen LogP contribution < -0.4 is 0 Å². The average Bonchev–Trinajstić information content (AvgIpc) is 2.69. The minimum absolute atomic E-state index is 0.270. The molecule has 2 aromatic rings. The molecule has 1 aromatic carbocycles. The van der Waals surface area contributed by atoms with E-state index >= 15 is 0 Å². The molecule has 0 amide bonds. The van der Waals surface area contributed by atoms with Crippen molar-refractivity contribution in [2.75, 3.05) is 0 Å². The van der Waals surface area contributed by atoms with Gasteiger partial charge in [0.2, 0.25) is 0 Å². The Kier molecular flexibility index (Phi) is 3.95. The number of hydrogen-bond donors (Lipinski definition) is 0. The van der Waals surface area contributed by atoms with E-state index in [1.165, 1.54) is 12.1 Å². The minimum Gasteiger partial charge on any atom is -0.298 e. The second-order valence-electron chi connectivity index (χ2n) is 5.71. The number of aldehydes is 1. The lowest BCUT2D eigenvalue weighted by molar-refractivity contribution is 0.112. The van der Waals surface area contributed by atoms with Gasteiger partial charge in [-0.05, 0) is 17.7 Å². The maximum atomic E-state index is 12.9. The fraction of sp³-hybridized carbons (Fsp3) is 0.333. The molecule has 1 heterocycles. The number of carbonyl (C=O) groups is 1. The summed E-state index contributed by atoms with van der Waals surface area (Å²) in [7, 11) is 0. The van der Waals surface area contributed by atoms with Crippen LogP contribution in [0.4, 0.5) is 4.39 Å². The molecule has 106 valence electrons. The van der Waals surface area contributed by atoms with Crippen LogP contribution in [0.25, 0.3) is 0 Å². The first-order valence-corrected chi connectivity index (χ1v) is 6.67. The highest BCUT2D eigenvalue weighted by molar-refractivity contribution is 6.32. The van der Waals surface area contributed by atoms with Crippen LogP contribution in [0.1, 0.15) is 42.4 Å². The molecule has 0 atom stereocenters. The molecular weight excluding hydrogens is 279 g/mol. The van der Waals surface area contributed by atoms with Gasteiger partial charge in [0, 0.05) is 5.41 Å². The number of rotatable bonds is 3. The summed E-state index contributed by atoms with van der Waals surface area (Å²) in [6.07, 6.45) is 0.733. The Morgan fingerprint density at radius 1 is 1.30 bits per heavy atom. The Morgan fingerprint density at radius 3 is 2.35 bits per heavy atom. The molecule has 3 nitrogen and oxygen atoms in total. The van der Waals surface area contributed by atoms with Gasteiger partial charge in [-0.25, -0.2) is 9.07 Å². The molecule has 0 radical (unpaired) electrons. The van der Waals surface area contributed by atoms with E-state index in [0.29, 0.717) is 23.0 Å². The van der Waals surface area contributed by atoms with Crippen molar-refractivity contribution in [3.05, 3.63) is 52.1 Å². The first-order chi connectivity index (χ1) is 9.32. The second-order valence-corrected chi connectivity index (χ2v) is 6.06. The highest BCUT2D eigenvalue weighted by Crippen LogP contribution is 2.29. The summed E-state index contributed by atoms with van der Waals surface area (Å²) in [5, 5.41) is 4.74. The summed E-state index contributed by atoms with van der Waals surface area (Å²) in [5.41, 5.74) is 1.68. The summed E-state index contributed by atoms with van der Waals surface area (Å²) < 4.78 is 14.5. The van der Waals surface area contributed by atoms with Crippen LogP contribution in [0.3, 0.4) is 0 Å². The molecule has 20 heavy (non-hydrogen) atoms. The van der Waals surface area contributed by atoms with E-state index in [2.05, 4.69) is 5.10 Å². The SMILES string of the molecule is CC(C)(C)c1nn(Cc2ccc(F)cc2)c(Cl)c1C=O. The van der Waals surface area contributed by atoms with Crippen LogP contribution in [-0.2, 0) is 12.0 Å². The molecule has 0 aliphatic rings. The van der Waals surface area contributed by atoms with Gasteiger partial charge < -0.3 is 0 Å². The zero-order valence-corrected chi connectivity index (χ0v) is 12.4. The Balaban J connectivity index is 2.40. The predicted octanol–water partition coefficient (Wildman–Crippen LogP) is 3.83. The molecule has 0 spiro atoms. The zero-order valence-electron chi connectivity index (χ0n) is 11.7. The third kappa shape index (κ3) is 2.90. The van der Waals surface area contributed by atoms with Gasteiger partial charge in [0.25, 0.3) is 0 Å². The van der Waals surface area contributed by atoms with Gasteiger partial charge in [-0.3, -0.25) is 4.79 Å². The molecule has 0 aliphatic carbocycles. The topological polar surface area (TPSA) is 34.9 Å². The number of halogens is 2. The van der Waals surface area contributed by atoms with Gasteiger partial charge in [-0.1, -0.05) is 44.5 Å². The molecule has 0 aliphatic heterocycles.